The Morgan fingerprint density at radius 3 is 2.95 bits per heavy atom. The molecule has 0 spiro atoms. The molecule has 7 nitrogen and oxygen atoms in total. The fourth-order valence-corrected chi connectivity index (χ4v) is 2.73. The highest BCUT2D eigenvalue weighted by atomic mass is 16.4. The average Bonchev–Trinajstić information content (AvgIpc) is 2.88. The zero-order valence-corrected chi connectivity index (χ0v) is 11.7. The molecule has 0 radical (unpaired) electrons. The Labute approximate surface area is 121 Å². The van der Waals surface area contributed by atoms with Gasteiger partial charge in [0.1, 0.15) is 5.82 Å². The van der Waals surface area contributed by atoms with E-state index in [0.717, 1.165) is 0 Å². The fraction of sp³-hybridized carbons (Fsp3) is 0.429. The van der Waals surface area contributed by atoms with Crippen LogP contribution in [-0.4, -0.2) is 49.6 Å². The molecular weight excluding hydrogens is 272 g/mol. The molecule has 1 saturated heterocycles. The molecule has 0 aromatic carbocycles. The van der Waals surface area contributed by atoms with Crippen LogP contribution in [0.15, 0.2) is 18.3 Å². The quantitative estimate of drug-likeness (QED) is 0.889. The van der Waals surface area contributed by atoms with E-state index in [-0.39, 0.29) is 12.5 Å². The number of carboxylic acid groups (broad SMARTS) is 1. The highest BCUT2D eigenvalue weighted by Crippen LogP contribution is 2.20. The third-order valence-electron chi connectivity index (χ3n) is 3.89. The van der Waals surface area contributed by atoms with Gasteiger partial charge in [-0.25, -0.2) is 0 Å². The van der Waals surface area contributed by atoms with Crippen molar-refractivity contribution in [3.8, 4) is 0 Å². The largest absolute Gasteiger partial charge is 0.481 e. The fourth-order valence-electron chi connectivity index (χ4n) is 2.73. The zero-order valence-electron chi connectivity index (χ0n) is 11.7. The van der Waals surface area contributed by atoms with Gasteiger partial charge in [0.15, 0.2) is 5.65 Å². The lowest BCUT2D eigenvalue weighted by atomic mass is 9.98. The second-order valence-corrected chi connectivity index (χ2v) is 5.29. The lowest BCUT2D eigenvalue weighted by Crippen LogP contribution is -2.42. The summed E-state index contributed by atoms with van der Waals surface area (Å²) in [5.74, 6) is -0.799. The first-order chi connectivity index (χ1) is 10.1. The Morgan fingerprint density at radius 2 is 2.19 bits per heavy atom. The molecule has 1 atom stereocenters. The predicted octanol–water partition coefficient (Wildman–Crippen LogP) is 0.975. The Hall–Kier alpha value is -2.44. The predicted molar refractivity (Wildman–Crippen MR) is 74.0 cm³/mol. The third kappa shape index (κ3) is 2.35. The standard InChI is InChI=1S/C14H16N4O3/c1-9-15-16-12-11(5-3-7-18(9)12)13(19)17-6-2-4-10(8-17)14(20)21/h3,5,7,10H,2,4,6,8H2,1H3,(H,20,21). The van der Waals surface area contributed by atoms with Gasteiger partial charge in [0, 0.05) is 19.3 Å². The summed E-state index contributed by atoms with van der Waals surface area (Å²) < 4.78 is 1.76. The molecule has 1 unspecified atom stereocenters. The van der Waals surface area contributed by atoms with Crippen molar-refractivity contribution in [1.29, 1.82) is 0 Å². The number of aryl methyl sites for hydroxylation is 1. The molecule has 1 fully saturated rings. The molecular formula is C14H16N4O3. The SMILES string of the molecule is Cc1nnc2c(C(=O)N3CCCC(C(=O)O)C3)cccn12. The van der Waals surface area contributed by atoms with Gasteiger partial charge in [0.25, 0.3) is 5.91 Å². The number of carboxylic acids is 1. The summed E-state index contributed by atoms with van der Waals surface area (Å²) in [5.41, 5.74) is 0.974. The minimum absolute atomic E-state index is 0.182. The van der Waals surface area contributed by atoms with Gasteiger partial charge in [0.2, 0.25) is 0 Å². The van der Waals surface area contributed by atoms with Gasteiger partial charge in [-0.2, -0.15) is 0 Å². The molecule has 1 aliphatic heterocycles. The molecule has 0 aliphatic carbocycles. The van der Waals surface area contributed by atoms with Crippen LogP contribution in [0, 0.1) is 12.8 Å². The summed E-state index contributed by atoms with van der Waals surface area (Å²) in [6, 6.07) is 3.48. The van der Waals surface area contributed by atoms with Crippen molar-refractivity contribution in [3.63, 3.8) is 0 Å². The van der Waals surface area contributed by atoms with Crippen molar-refractivity contribution in [3.05, 3.63) is 29.7 Å². The average molecular weight is 288 g/mol. The number of hydrogen-bond acceptors (Lipinski definition) is 4. The number of pyridine rings is 1. The van der Waals surface area contributed by atoms with Gasteiger partial charge in [-0.15, -0.1) is 10.2 Å². The van der Waals surface area contributed by atoms with Crippen molar-refractivity contribution in [2.24, 2.45) is 5.92 Å². The minimum atomic E-state index is -0.843. The van der Waals surface area contributed by atoms with E-state index in [1.807, 2.05) is 6.92 Å². The van der Waals surface area contributed by atoms with Crippen molar-refractivity contribution < 1.29 is 14.7 Å². The molecule has 2 aromatic heterocycles. The highest BCUT2D eigenvalue weighted by Gasteiger charge is 2.29. The number of aromatic nitrogens is 3. The van der Waals surface area contributed by atoms with Crippen LogP contribution in [0.1, 0.15) is 29.0 Å². The van der Waals surface area contributed by atoms with Crippen LogP contribution in [0.5, 0.6) is 0 Å². The van der Waals surface area contributed by atoms with Crippen LogP contribution in [0.25, 0.3) is 5.65 Å². The first-order valence-corrected chi connectivity index (χ1v) is 6.90. The van der Waals surface area contributed by atoms with Gasteiger partial charge < -0.3 is 10.0 Å². The summed E-state index contributed by atoms with van der Waals surface area (Å²) in [5, 5.41) is 17.1. The first kappa shape index (κ1) is 13.5. The van der Waals surface area contributed by atoms with E-state index < -0.39 is 11.9 Å². The summed E-state index contributed by atoms with van der Waals surface area (Å²) >= 11 is 0. The number of rotatable bonds is 2. The van der Waals surface area contributed by atoms with Gasteiger partial charge in [-0.05, 0) is 31.9 Å². The second-order valence-electron chi connectivity index (χ2n) is 5.29. The number of likely N-dealkylation sites (tertiary alicyclic amines) is 1. The summed E-state index contributed by atoms with van der Waals surface area (Å²) in [7, 11) is 0. The summed E-state index contributed by atoms with van der Waals surface area (Å²) in [6.07, 6.45) is 3.13. The van der Waals surface area contributed by atoms with E-state index in [1.165, 1.54) is 0 Å². The highest BCUT2D eigenvalue weighted by molar-refractivity contribution is 6.00. The zero-order chi connectivity index (χ0) is 15.0. The molecule has 3 heterocycles. The van der Waals surface area contributed by atoms with E-state index in [2.05, 4.69) is 10.2 Å². The Balaban J connectivity index is 1.92. The smallest absolute Gasteiger partial charge is 0.308 e. The van der Waals surface area contributed by atoms with Crippen LogP contribution in [-0.2, 0) is 4.79 Å². The van der Waals surface area contributed by atoms with Crippen LogP contribution in [0.2, 0.25) is 0 Å². The van der Waals surface area contributed by atoms with Crippen molar-refractivity contribution in [2.75, 3.05) is 13.1 Å². The number of nitrogens with zero attached hydrogens (tertiary/aromatic N) is 4. The molecule has 7 heteroatoms. The number of amides is 1. The number of hydrogen-bond donors (Lipinski definition) is 1. The monoisotopic (exact) mass is 288 g/mol. The maximum absolute atomic E-state index is 12.6. The van der Waals surface area contributed by atoms with Crippen LogP contribution in [0.4, 0.5) is 0 Å². The van der Waals surface area contributed by atoms with Gasteiger partial charge in [-0.3, -0.25) is 14.0 Å². The third-order valence-corrected chi connectivity index (χ3v) is 3.89. The van der Waals surface area contributed by atoms with E-state index in [1.54, 1.807) is 27.6 Å². The first-order valence-electron chi connectivity index (χ1n) is 6.90. The number of piperidine rings is 1. The van der Waals surface area contributed by atoms with E-state index in [9.17, 15) is 9.59 Å². The normalized spacial score (nSPS) is 18.9. The topological polar surface area (TPSA) is 87.8 Å². The Bertz CT molecular complexity index is 709. The molecule has 1 N–H and O–H groups in total. The number of fused-ring (bicyclic) bond motifs is 1. The molecule has 1 amide bonds. The number of carbonyl (C=O) groups is 2. The van der Waals surface area contributed by atoms with E-state index >= 15 is 0 Å². The lowest BCUT2D eigenvalue weighted by Gasteiger charge is -2.30. The van der Waals surface area contributed by atoms with E-state index in [4.69, 9.17) is 5.11 Å². The summed E-state index contributed by atoms with van der Waals surface area (Å²) in [4.78, 5) is 25.4. The summed E-state index contributed by atoms with van der Waals surface area (Å²) in [6.45, 7) is 2.65. The second kappa shape index (κ2) is 5.16. The van der Waals surface area contributed by atoms with Crippen molar-refractivity contribution in [1.82, 2.24) is 19.5 Å². The van der Waals surface area contributed by atoms with Gasteiger partial charge in [-0.1, -0.05) is 0 Å². The van der Waals surface area contributed by atoms with Crippen LogP contribution in [0.3, 0.4) is 0 Å². The molecule has 3 rings (SSSR count). The molecule has 1 aliphatic rings. The number of aliphatic carboxylic acids is 1. The Morgan fingerprint density at radius 1 is 1.38 bits per heavy atom. The van der Waals surface area contributed by atoms with Crippen molar-refractivity contribution >= 4 is 17.5 Å². The number of carbonyl (C=O) groups excluding carboxylic acids is 1. The molecule has 0 bridgehead atoms. The Kier molecular flexibility index (Phi) is 3.32. The molecule has 110 valence electrons. The van der Waals surface area contributed by atoms with Gasteiger partial charge in [0.05, 0.1) is 11.5 Å². The maximum Gasteiger partial charge on any atom is 0.308 e. The van der Waals surface area contributed by atoms with Gasteiger partial charge >= 0.3 is 5.97 Å². The van der Waals surface area contributed by atoms with Crippen LogP contribution >= 0.6 is 0 Å². The van der Waals surface area contributed by atoms with Crippen molar-refractivity contribution in [2.45, 2.75) is 19.8 Å². The molecule has 2 aromatic rings. The van der Waals surface area contributed by atoms with E-state index in [0.29, 0.717) is 36.4 Å². The molecule has 0 saturated carbocycles. The molecule has 21 heavy (non-hydrogen) atoms. The minimum Gasteiger partial charge on any atom is -0.481 e. The van der Waals surface area contributed by atoms with Crippen LogP contribution < -0.4 is 0 Å². The lowest BCUT2D eigenvalue weighted by molar-refractivity contribution is -0.143. The maximum atomic E-state index is 12.6.